The van der Waals surface area contributed by atoms with Crippen molar-refractivity contribution in [3.8, 4) is 0 Å². The van der Waals surface area contributed by atoms with Crippen LogP contribution in [-0.4, -0.2) is 22.8 Å². The molecule has 0 amide bonds. The molecule has 0 saturated heterocycles. The summed E-state index contributed by atoms with van der Waals surface area (Å²) < 4.78 is 0. The Bertz CT molecular complexity index is 295. The van der Waals surface area contributed by atoms with Crippen LogP contribution in [0.3, 0.4) is 0 Å². The number of carboxylic acids is 1. The molecule has 1 rings (SSSR count). The van der Waals surface area contributed by atoms with E-state index >= 15 is 0 Å². The molecule has 1 atom stereocenters. The van der Waals surface area contributed by atoms with Gasteiger partial charge in [0.25, 0.3) is 0 Å². The number of rotatable bonds is 6. The van der Waals surface area contributed by atoms with Crippen molar-refractivity contribution >= 4 is 5.97 Å². The second-order valence-electron chi connectivity index (χ2n) is 3.67. The molecule has 0 fully saturated rings. The van der Waals surface area contributed by atoms with Crippen molar-refractivity contribution in [1.29, 1.82) is 0 Å². The highest BCUT2D eigenvalue weighted by Crippen LogP contribution is 2.15. The van der Waals surface area contributed by atoms with Crippen LogP contribution in [-0.2, 0) is 11.2 Å². The molecule has 1 unspecified atom stereocenters. The molecule has 0 aliphatic heterocycles. The first kappa shape index (κ1) is 11.7. The maximum absolute atomic E-state index is 10.6. The first-order valence-electron chi connectivity index (χ1n) is 5.09. The molecule has 82 valence electrons. The maximum atomic E-state index is 10.6. The second-order valence-corrected chi connectivity index (χ2v) is 3.67. The van der Waals surface area contributed by atoms with Gasteiger partial charge in [-0.1, -0.05) is 30.3 Å². The summed E-state index contributed by atoms with van der Waals surface area (Å²) in [7, 11) is 0. The largest absolute Gasteiger partial charge is 0.481 e. The highest BCUT2D eigenvalue weighted by molar-refractivity contribution is 5.67. The Morgan fingerprint density at radius 1 is 1.27 bits per heavy atom. The summed E-state index contributed by atoms with van der Waals surface area (Å²) >= 11 is 0. The number of hydrogen-bond acceptors (Lipinski definition) is 2. The van der Waals surface area contributed by atoms with E-state index in [1.54, 1.807) is 0 Å². The van der Waals surface area contributed by atoms with Gasteiger partial charge < -0.3 is 10.2 Å². The third-order valence-electron chi connectivity index (χ3n) is 2.37. The van der Waals surface area contributed by atoms with Gasteiger partial charge in [-0.05, 0) is 24.3 Å². The van der Waals surface area contributed by atoms with E-state index in [2.05, 4.69) is 0 Å². The first-order chi connectivity index (χ1) is 7.22. The van der Waals surface area contributed by atoms with Crippen molar-refractivity contribution in [2.75, 3.05) is 6.61 Å². The third kappa shape index (κ3) is 4.61. The van der Waals surface area contributed by atoms with E-state index in [1.807, 2.05) is 30.3 Å². The topological polar surface area (TPSA) is 57.5 Å². The van der Waals surface area contributed by atoms with Gasteiger partial charge in [0.2, 0.25) is 0 Å². The number of carbonyl (C=O) groups is 1. The summed E-state index contributed by atoms with van der Waals surface area (Å²) in [5.41, 5.74) is 1.12. The molecule has 1 aromatic rings. The molecule has 2 N–H and O–H groups in total. The van der Waals surface area contributed by atoms with Crippen molar-refractivity contribution in [2.24, 2.45) is 5.92 Å². The minimum absolute atomic E-state index is 0.0231. The summed E-state index contributed by atoms with van der Waals surface area (Å²) in [6, 6.07) is 9.76. The van der Waals surface area contributed by atoms with Gasteiger partial charge in [-0.2, -0.15) is 0 Å². The predicted molar refractivity (Wildman–Crippen MR) is 57.6 cm³/mol. The van der Waals surface area contributed by atoms with Gasteiger partial charge in [0.15, 0.2) is 0 Å². The van der Waals surface area contributed by atoms with Crippen molar-refractivity contribution in [3.63, 3.8) is 0 Å². The molecule has 1 aromatic carbocycles. The van der Waals surface area contributed by atoms with Gasteiger partial charge in [-0.3, -0.25) is 4.79 Å². The van der Waals surface area contributed by atoms with Crippen LogP contribution < -0.4 is 0 Å². The molecule has 3 heteroatoms. The average molecular weight is 208 g/mol. The van der Waals surface area contributed by atoms with Crippen LogP contribution in [0.4, 0.5) is 0 Å². The van der Waals surface area contributed by atoms with Crippen LogP contribution in [0.25, 0.3) is 0 Å². The van der Waals surface area contributed by atoms with Crippen LogP contribution in [0.2, 0.25) is 0 Å². The fraction of sp³-hybridized carbons (Fsp3) is 0.417. The Morgan fingerprint density at radius 3 is 2.47 bits per heavy atom. The van der Waals surface area contributed by atoms with Gasteiger partial charge in [0.1, 0.15) is 0 Å². The predicted octanol–water partition coefficient (Wildman–Crippen LogP) is 1.70. The lowest BCUT2D eigenvalue weighted by Crippen LogP contribution is -2.12. The monoisotopic (exact) mass is 208 g/mol. The minimum atomic E-state index is -0.801. The number of carboxylic acid groups (broad SMARTS) is 1. The number of benzene rings is 1. The van der Waals surface area contributed by atoms with Crippen molar-refractivity contribution in [1.82, 2.24) is 0 Å². The summed E-state index contributed by atoms with van der Waals surface area (Å²) in [5.74, 6) is -0.778. The molecule has 0 spiro atoms. The van der Waals surface area contributed by atoms with Crippen molar-refractivity contribution in [3.05, 3.63) is 35.9 Å². The Morgan fingerprint density at radius 2 is 1.93 bits per heavy atom. The molecular weight excluding hydrogens is 192 g/mol. The summed E-state index contributed by atoms with van der Waals surface area (Å²) in [6.07, 6.45) is 1.38. The van der Waals surface area contributed by atoms with E-state index in [0.717, 1.165) is 5.56 Å². The first-order valence-corrected chi connectivity index (χ1v) is 5.09. The Kier molecular flexibility index (Phi) is 4.84. The van der Waals surface area contributed by atoms with E-state index in [1.165, 1.54) is 0 Å². The zero-order valence-corrected chi connectivity index (χ0v) is 8.60. The van der Waals surface area contributed by atoms with Gasteiger partial charge in [-0.25, -0.2) is 0 Å². The highest BCUT2D eigenvalue weighted by Gasteiger charge is 2.13. The van der Waals surface area contributed by atoms with Crippen molar-refractivity contribution in [2.45, 2.75) is 19.3 Å². The number of aliphatic carboxylic acids is 1. The molecule has 0 aliphatic carbocycles. The summed E-state index contributed by atoms with van der Waals surface area (Å²) in [4.78, 5) is 10.6. The Hall–Kier alpha value is -1.35. The fourth-order valence-electron chi connectivity index (χ4n) is 1.65. The van der Waals surface area contributed by atoms with Crippen LogP contribution in [0, 0.1) is 5.92 Å². The molecule has 0 bridgehead atoms. The van der Waals surface area contributed by atoms with E-state index in [-0.39, 0.29) is 18.9 Å². The average Bonchev–Trinajstić information content (AvgIpc) is 2.18. The number of aliphatic hydroxyl groups is 1. The van der Waals surface area contributed by atoms with E-state index in [9.17, 15) is 4.79 Å². The van der Waals surface area contributed by atoms with Crippen molar-refractivity contribution < 1.29 is 15.0 Å². The molecule has 0 radical (unpaired) electrons. The minimum Gasteiger partial charge on any atom is -0.481 e. The van der Waals surface area contributed by atoms with Crippen LogP contribution >= 0.6 is 0 Å². The third-order valence-corrected chi connectivity index (χ3v) is 2.37. The quantitative estimate of drug-likeness (QED) is 0.748. The second kappa shape index (κ2) is 6.19. The van der Waals surface area contributed by atoms with Crippen LogP contribution in [0.15, 0.2) is 30.3 Å². The Balaban J connectivity index is 2.54. The van der Waals surface area contributed by atoms with Crippen LogP contribution in [0.5, 0.6) is 0 Å². The summed E-state index contributed by atoms with van der Waals surface area (Å²) in [6.45, 7) is 0.0464. The molecule has 0 aromatic heterocycles. The Labute approximate surface area is 89.4 Å². The van der Waals surface area contributed by atoms with Gasteiger partial charge in [-0.15, -0.1) is 0 Å². The molecule has 15 heavy (non-hydrogen) atoms. The summed E-state index contributed by atoms with van der Waals surface area (Å²) in [5, 5.41) is 17.5. The molecule has 0 saturated carbocycles. The van der Waals surface area contributed by atoms with Gasteiger partial charge in [0.05, 0.1) is 0 Å². The lowest BCUT2D eigenvalue weighted by molar-refractivity contribution is -0.138. The fourth-order valence-corrected chi connectivity index (χ4v) is 1.65. The number of hydrogen-bond donors (Lipinski definition) is 2. The highest BCUT2D eigenvalue weighted by atomic mass is 16.4. The molecule has 3 nitrogen and oxygen atoms in total. The smallest absolute Gasteiger partial charge is 0.303 e. The zero-order valence-electron chi connectivity index (χ0n) is 8.60. The maximum Gasteiger partial charge on any atom is 0.303 e. The van der Waals surface area contributed by atoms with Crippen LogP contribution in [0.1, 0.15) is 18.4 Å². The number of aliphatic hydroxyl groups excluding tert-OH is 1. The molecule has 0 heterocycles. The lowest BCUT2D eigenvalue weighted by Gasteiger charge is -2.13. The molecular formula is C12H16O3. The SMILES string of the molecule is O=C(O)CC(CCO)Cc1ccccc1. The lowest BCUT2D eigenvalue weighted by atomic mass is 9.93. The van der Waals surface area contributed by atoms with E-state index < -0.39 is 5.97 Å². The van der Waals surface area contributed by atoms with Gasteiger partial charge in [0, 0.05) is 13.0 Å². The molecule has 0 aliphatic rings. The van der Waals surface area contributed by atoms with E-state index in [0.29, 0.717) is 12.8 Å². The zero-order chi connectivity index (χ0) is 11.1. The van der Waals surface area contributed by atoms with E-state index in [4.69, 9.17) is 10.2 Å². The standard InChI is InChI=1S/C12H16O3/c13-7-6-11(9-12(14)15)8-10-4-2-1-3-5-10/h1-5,11,13H,6-9H2,(H,14,15). The van der Waals surface area contributed by atoms with Gasteiger partial charge >= 0.3 is 5.97 Å². The normalized spacial score (nSPS) is 12.3.